The summed E-state index contributed by atoms with van der Waals surface area (Å²) >= 11 is 1.14. The summed E-state index contributed by atoms with van der Waals surface area (Å²) in [5.74, 6) is -1.60. The quantitative estimate of drug-likeness (QED) is 0.457. The lowest BCUT2D eigenvalue weighted by Gasteiger charge is -2.22. The molecule has 1 aromatic carbocycles. The number of hydrogen-bond donors (Lipinski definition) is 2. The molecule has 0 saturated heterocycles. The second kappa shape index (κ2) is 8.80. The van der Waals surface area contributed by atoms with Gasteiger partial charge in [-0.3, -0.25) is 10.1 Å². The summed E-state index contributed by atoms with van der Waals surface area (Å²) in [6.07, 6.45) is 0. The number of carbonyl (C=O) groups excluding carboxylic acids is 3. The minimum absolute atomic E-state index is 0.0749. The first-order valence-corrected chi connectivity index (χ1v) is 10.9. The third-order valence-corrected chi connectivity index (χ3v) is 6.19. The molecular weight excluding hydrogens is 424 g/mol. The molecular formula is C16H18N4O7S2. The SMILES string of the molecule is COCCNC(=O)NC(=O)COC(=O)c1ccc2c(c1)SC1=NS(=O)(=O)CCN12. The van der Waals surface area contributed by atoms with E-state index in [9.17, 15) is 22.8 Å². The molecule has 0 aliphatic carbocycles. The Morgan fingerprint density at radius 3 is 2.86 bits per heavy atom. The number of ether oxygens (including phenoxy) is 2. The summed E-state index contributed by atoms with van der Waals surface area (Å²) in [7, 11) is -1.99. The summed E-state index contributed by atoms with van der Waals surface area (Å²) in [6, 6.07) is 4.01. The van der Waals surface area contributed by atoms with Crippen LogP contribution in [-0.2, 0) is 24.3 Å². The summed E-state index contributed by atoms with van der Waals surface area (Å²) in [4.78, 5) is 37.7. The van der Waals surface area contributed by atoms with E-state index in [-0.39, 0.29) is 24.4 Å². The van der Waals surface area contributed by atoms with Crippen LogP contribution in [0.1, 0.15) is 10.4 Å². The fraction of sp³-hybridized carbons (Fsp3) is 0.375. The molecule has 0 spiro atoms. The monoisotopic (exact) mass is 442 g/mol. The number of nitrogens with zero attached hydrogens (tertiary/aromatic N) is 2. The van der Waals surface area contributed by atoms with Gasteiger partial charge in [-0.1, -0.05) is 0 Å². The number of amides is 3. The molecule has 11 nitrogen and oxygen atoms in total. The van der Waals surface area contributed by atoms with Crippen molar-refractivity contribution in [2.45, 2.75) is 4.90 Å². The van der Waals surface area contributed by atoms with Gasteiger partial charge in [0.1, 0.15) is 0 Å². The Hall–Kier alpha value is -2.64. The number of fused-ring (bicyclic) bond motifs is 3. The van der Waals surface area contributed by atoms with Crippen LogP contribution in [-0.4, -0.2) is 70.7 Å². The van der Waals surface area contributed by atoms with E-state index in [2.05, 4.69) is 9.71 Å². The third kappa shape index (κ3) is 5.25. The molecule has 0 unspecified atom stereocenters. The number of rotatable bonds is 6. The number of carbonyl (C=O) groups is 3. The van der Waals surface area contributed by atoms with Gasteiger partial charge < -0.3 is 19.7 Å². The van der Waals surface area contributed by atoms with E-state index in [4.69, 9.17) is 9.47 Å². The lowest BCUT2D eigenvalue weighted by molar-refractivity contribution is -0.123. The van der Waals surface area contributed by atoms with E-state index < -0.39 is 34.5 Å². The maximum atomic E-state index is 12.2. The molecule has 2 heterocycles. The van der Waals surface area contributed by atoms with E-state index in [0.717, 1.165) is 17.4 Å². The van der Waals surface area contributed by atoms with Crippen LogP contribution in [0.15, 0.2) is 27.5 Å². The van der Waals surface area contributed by atoms with Crippen molar-refractivity contribution in [3.8, 4) is 0 Å². The first-order valence-electron chi connectivity index (χ1n) is 8.45. The number of nitrogens with one attached hydrogen (secondary N) is 2. The van der Waals surface area contributed by atoms with Gasteiger partial charge in [-0.15, -0.1) is 4.40 Å². The Morgan fingerprint density at radius 1 is 1.31 bits per heavy atom. The van der Waals surface area contributed by atoms with E-state index in [0.29, 0.717) is 16.7 Å². The predicted octanol–water partition coefficient (Wildman–Crippen LogP) is -0.0729. The minimum atomic E-state index is -3.47. The average molecular weight is 442 g/mol. The van der Waals surface area contributed by atoms with Gasteiger partial charge in [0, 0.05) is 25.1 Å². The van der Waals surface area contributed by atoms with Crippen LogP contribution < -0.4 is 15.5 Å². The number of methoxy groups -OCH3 is 1. The molecule has 156 valence electrons. The zero-order valence-electron chi connectivity index (χ0n) is 15.3. The molecule has 1 aromatic rings. The number of amidine groups is 1. The number of imide groups is 1. The zero-order chi connectivity index (χ0) is 21.0. The van der Waals surface area contributed by atoms with Crippen LogP contribution in [0.3, 0.4) is 0 Å². The Labute approximate surface area is 170 Å². The normalized spacial score (nSPS) is 16.3. The molecule has 2 aliphatic heterocycles. The zero-order valence-corrected chi connectivity index (χ0v) is 17.0. The second-order valence-electron chi connectivity index (χ2n) is 5.97. The highest BCUT2D eigenvalue weighted by Crippen LogP contribution is 2.42. The molecule has 0 aromatic heterocycles. The van der Waals surface area contributed by atoms with Gasteiger partial charge in [-0.05, 0) is 30.0 Å². The van der Waals surface area contributed by atoms with Crippen LogP contribution in [0.4, 0.5) is 10.5 Å². The van der Waals surface area contributed by atoms with Crippen molar-refractivity contribution >= 4 is 50.5 Å². The molecule has 0 radical (unpaired) electrons. The number of benzene rings is 1. The van der Waals surface area contributed by atoms with Crippen LogP contribution in [0.2, 0.25) is 0 Å². The average Bonchev–Trinajstić information content (AvgIpc) is 3.01. The van der Waals surface area contributed by atoms with Gasteiger partial charge in [-0.25, -0.2) is 18.0 Å². The first kappa shape index (κ1) is 21.1. The third-order valence-electron chi connectivity index (χ3n) is 3.89. The Bertz CT molecular complexity index is 977. The highest BCUT2D eigenvalue weighted by Gasteiger charge is 2.33. The van der Waals surface area contributed by atoms with Gasteiger partial charge >= 0.3 is 12.0 Å². The molecule has 0 bridgehead atoms. The van der Waals surface area contributed by atoms with Gasteiger partial charge in [-0.2, -0.15) is 0 Å². The summed E-state index contributed by atoms with van der Waals surface area (Å²) < 4.78 is 36.7. The number of urea groups is 1. The van der Waals surface area contributed by atoms with Crippen molar-refractivity contribution in [3.05, 3.63) is 23.8 Å². The van der Waals surface area contributed by atoms with Gasteiger partial charge in [0.2, 0.25) is 0 Å². The molecule has 0 atom stereocenters. The number of hydrogen-bond acceptors (Lipinski definition) is 9. The largest absolute Gasteiger partial charge is 0.452 e. The number of esters is 1. The minimum Gasteiger partial charge on any atom is -0.452 e. The van der Waals surface area contributed by atoms with Crippen LogP contribution in [0.5, 0.6) is 0 Å². The lowest BCUT2D eigenvalue weighted by atomic mass is 10.2. The molecule has 0 fully saturated rings. The van der Waals surface area contributed by atoms with Crippen molar-refractivity contribution in [1.29, 1.82) is 0 Å². The first-order chi connectivity index (χ1) is 13.8. The number of sulfonamides is 1. The molecule has 13 heteroatoms. The highest BCUT2D eigenvalue weighted by molar-refractivity contribution is 8.15. The van der Waals surface area contributed by atoms with E-state index in [1.807, 2.05) is 5.32 Å². The predicted molar refractivity (Wildman–Crippen MR) is 105 cm³/mol. The van der Waals surface area contributed by atoms with E-state index >= 15 is 0 Å². The van der Waals surface area contributed by atoms with Gasteiger partial charge in [0.15, 0.2) is 11.8 Å². The fourth-order valence-corrected chi connectivity index (χ4v) is 4.84. The molecule has 29 heavy (non-hydrogen) atoms. The number of thioether (sulfide) groups is 1. The maximum absolute atomic E-state index is 12.2. The molecule has 3 amide bonds. The summed E-state index contributed by atoms with van der Waals surface area (Å²) in [5.41, 5.74) is 0.947. The van der Waals surface area contributed by atoms with Crippen molar-refractivity contribution in [2.24, 2.45) is 4.40 Å². The summed E-state index contributed by atoms with van der Waals surface area (Å²) in [6.45, 7) is 0.184. The van der Waals surface area contributed by atoms with Gasteiger partial charge in [0.25, 0.3) is 15.9 Å². The molecule has 2 N–H and O–H groups in total. The Morgan fingerprint density at radius 2 is 2.10 bits per heavy atom. The smallest absolute Gasteiger partial charge is 0.338 e. The van der Waals surface area contributed by atoms with Crippen molar-refractivity contribution in [1.82, 2.24) is 10.6 Å². The molecule has 0 saturated carbocycles. The summed E-state index contributed by atoms with van der Waals surface area (Å²) in [5, 5.41) is 4.76. The van der Waals surface area contributed by atoms with Crippen molar-refractivity contribution < 1.29 is 32.3 Å². The van der Waals surface area contributed by atoms with E-state index in [1.165, 1.54) is 13.2 Å². The maximum Gasteiger partial charge on any atom is 0.338 e. The Kier molecular flexibility index (Phi) is 6.39. The topological polar surface area (TPSA) is 143 Å². The van der Waals surface area contributed by atoms with Crippen LogP contribution >= 0.6 is 11.8 Å². The Balaban J connectivity index is 1.56. The lowest BCUT2D eigenvalue weighted by Crippen LogP contribution is -2.42. The van der Waals surface area contributed by atoms with Crippen molar-refractivity contribution in [3.63, 3.8) is 0 Å². The fourth-order valence-electron chi connectivity index (χ4n) is 2.55. The van der Waals surface area contributed by atoms with E-state index in [1.54, 1.807) is 17.0 Å². The highest BCUT2D eigenvalue weighted by atomic mass is 32.2. The second-order valence-corrected chi connectivity index (χ2v) is 8.73. The van der Waals surface area contributed by atoms with Gasteiger partial charge in [0.05, 0.1) is 23.6 Å². The van der Waals surface area contributed by atoms with Crippen LogP contribution in [0, 0.1) is 0 Å². The molecule has 2 aliphatic rings. The number of anilines is 1. The van der Waals surface area contributed by atoms with Crippen molar-refractivity contribution in [2.75, 3.05) is 44.1 Å². The molecule has 3 rings (SSSR count). The standard InChI is InChI=1S/C16H18N4O7S2/c1-26-6-4-17-15(23)18-13(21)9-27-14(22)10-2-3-11-12(8-10)28-16-19-29(24,25)7-5-20(11)16/h2-3,8H,4-7,9H2,1H3,(H2,17,18,21,23). The van der Waals surface area contributed by atoms with Crippen LogP contribution in [0.25, 0.3) is 0 Å².